The van der Waals surface area contributed by atoms with Gasteiger partial charge in [0.05, 0.1) is 33.4 Å². The summed E-state index contributed by atoms with van der Waals surface area (Å²) in [6.07, 6.45) is 0.749. The molecule has 1 aliphatic heterocycles. The standard InChI is InChI=1S/C27H24Cl2N2O4S/c1-2-35-27(32)16-9-12-20-18(13-16)24-19(26(30-20)15-7-10-17(28)11-8-15)14-23(25(24)29)36-22-6-4-3-5-21(22)31(33)34/h3-13,19,23-26,30H,2,14H2,1H3/t19-,23-,24+,25-,26-/m1/s1. The number of alkyl halides is 1. The normalized spacial score (nSPS) is 24.4. The summed E-state index contributed by atoms with van der Waals surface area (Å²) < 4.78 is 5.22. The van der Waals surface area contributed by atoms with Crippen molar-refractivity contribution in [1.29, 1.82) is 0 Å². The van der Waals surface area contributed by atoms with E-state index in [0.717, 1.165) is 23.2 Å². The first-order valence-corrected chi connectivity index (χ1v) is 13.4. The van der Waals surface area contributed by atoms with Crippen LogP contribution in [-0.2, 0) is 4.74 Å². The van der Waals surface area contributed by atoms with Crippen LogP contribution >= 0.6 is 35.0 Å². The van der Waals surface area contributed by atoms with E-state index in [2.05, 4.69) is 5.32 Å². The van der Waals surface area contributed by atoms with Gasteiger partial charge in [-0.25, -0.2) is 4.79 Å². The number of thioether (sulfide) groups is 1. The van der Waals surface area contributed by atoms with Gasteiger partial charge in [-0.3, -0.25) is 10.1 Å². The highest BCUT2D eigenvalue weighted by Gasteiger charge is 2.50. The number of carbonyl (C=O) groups is 1. The molecule has 5 atom stereocenters. The van der Waals surface area contributed by atoms with Crippen LogP contribution in [0.3, 0.4) is 0 Å². The number of halogens is 2. The van der Waals surface area contributed by atoms with Gasteiger partial charge in [-0.15, -0.1) is 23.4 Å². The third-order valence-corrected chi connectivity index (χ3v) is 9.26. The Morgan fingerprint density at radius 2 is 1.92 bits per heavy atom. The van der Waals surface area contributed by atoms with Crippen LogP contribution in [0.4, 0.5) is 11.4 Å². The largest absolute Gasteiger partial charge is 0.462 e. The maximum absolute atomic E-state index is 12.5. The van der Waals surface area contributed by atoms with Crippen LogP contribution in [-0.4, -0.2) is 28.1 Å². The predicted molar refractivity (Wildman–Crippen MR) is 143 cm³/mol. The lowest BCUT2D eigenvalue weighted by Gasteiger charge is -2.38. The molecule has 1 heterocycles. The lowest BCUT2D eigenvalue weighted by Crippen LogP contribution is -2.31. The van der Waals surface area contributed by atoms with Crippen LogP contribution in [0, 0.1) is 16.0 Å². The van der Waals surface area contributed by atoms with Crippen molar-refractivity contribution >= 4 is 52.3 Å². The molecule has 1 aliphatic carbocycles. The molecule has 0 saturated heterocycles. The summed E-state index contributed by atoms with van der Waals surface area (Å²) in [5.41, 5.74) is 3.56. The topological polar surface area (TPSA) is 81.5 Å². The average molecular weight is 543 g/mol. The molecule has 0 radical (unpaired) electrons. The van der Waals surface area contributed by atoms with Crippen molar-refractivity contribution in [2.24, 2.45) is 5.92 Å². The second-order valence-electron chi connectivity index (χ2n) is 8.95. The number of nitro groups is 1. The second kappa shape index (κ2) is 10.3. The number of nitrogens with one attached hydrogen (secondary N) is 1. The van der Waals surface area contributed by atoms with E-state index in [1.54, 1.807) is 31.2 Å². The zero-order valence-electron chi connectivity index (χ0n) is 19.4. The van der Waals surface area contributed by atoms with Crippen LogP contribution in [0.5, 0.6) is 0 Å². The zero-order valence-corrected chi connectivity index (χ0v) is 21.7. The van der Waals surface area contributed by atoms with Gasteiger partial charge >= 0.3 is 5.97 Å². The number of ether oxygens (including phenoxy) is 1. The number of fused-ring (bicyclic) bond motifs is 3. The predicted octanol–water partition coefficient (Wildman–Crippen LogP) is 7.46. The number of nitrogens with zero attached hydrogens (tertiary/aromatic N) is 1. The minimum absolute atomic E-state index is 0.0224. The summed E-state index contributed by atoms with van der Waals surface area (Å²) in [5, 5.41) is 15.6. The van der Waals surface area contributed by atoms with Crippen molar-refractivity contribution in [1.82, 2.24) is 0 Å². The molecule has 0 bridgehead atoms. The summed E-state index contributed by atoms with van der Waals surface area (Å²) in [4.78, 5) is 24.3. The van der Waals surface area contributed by atoms with E-state index in [1.165, 1.54) is 17.8 Å². The Morgan fingerprint density at radius 1 is 1.17 bits per heavy atom. The summed E-state index contributed by atoms with van der Waals surface area (Å²) >= 11 is 14.8. The lowest BCUT2D eigenvalue weighted by molar-refractivity contribution is -0.387. The molecular weight excluding hydrogens is 519 g/mol. The van der Waals surface area contributed by atoms with Gasteiger partial charge in [0.15, 0.2) is 0 Å². The molecule has 0 amide bonds. The lowest BCUT2D eigenvalue weighted by atomic mass is 9.77. The van der Waals surface area contributed by atoms with E-state index in [4.69, 9.17) is 27.9 Å². The van der Waals surface area contributed by atoms with E-state index in [0.29, 0.717) is 22.1 Å². The first-order chi connectivity index (χ1) is 17.4. The molecule has 5 rings (SSSR count). The van der Waals surface area contributed by atoms with Crippen molar-refractivity contribution in [3.8, 4) is 0 Å². The van der Waals surface area contributed by atoms with E-state index >= 15 is 0 Å². The molecule has 3 aromatic carbocycles. The molecule has 36 heavy (non-hydrogen) atoms. The number of esters is 1. The molecule has 2 aliphatic rings. The third kappa shape index (κ3) is 4.67. The molecule has 1 N–H and O–H groups in total. The van der Waals surface area contributed by atoms with Crippen molar-refractivity contribution in [3.05, 3.63) is 98.6 Å². The van der Waals surface area contributed by atoms with Crippen LogP contribution in [0.25, 0.3) is 0 Å². The van der Waals surface area contributed by atoms with Gasteiger partial charge < -0.3 is 10.1 Å². The van der Waals surface area contributed by atoms with Crippen molar-refractivity contribution in [2.75, 3.05) is 11.9 Å². The molecule has 186 valence electrons. The highest BCUT2D eigenvalue weighted by atomic mass is 35.5. The molecular formula is C27H24Cl2N2O4S. The van der Waals surface area contributed by atoms with Gasteiger partial charge in [-0.1, -0.05) is 35.9 Å². The summed E-state index contributed by atoms with van der Waals surface area (Å²) in [7, 11) is 0. The van der Waals surface area contributed by atoms with Gasteiger partial charge in [0.25, 0.3) is 5.69 Å². The highest BCUT2D eigenvalue weighted by Crippen LogP contribution is 2.58. The molecule has 0 spiro atoms. The summed E-state index contributed by atoms with van der Waals surface area (Å²) in [6, 6.07) is 20.1. The molecule has 3 aromatic rings. The SMILES string of the molecule is CCOC(=O)c1ccc2c(c1)[C@@H]1[C@H](Cl)[C@H](Sc3ccccc3[N+](=O)[O-])C[C@H]1[C@@H](c1ccc(Cl)cc1)N2. The monoisotopic (exact) mass is 542 g/mol. The number of hydrogen-bond acceptors (Lipinski definition) is 6. The van der Waals surface area contributed by atoms with Gasteiger partial charge in [-0.05, 0) is 66.8 Å². The fourth-order valence-corrected chi connectivity index (χ4v) is 7.40. The Morgan fingerprint density at radius 3 is 2.64 bits per heavy atom. The van der Waals surface area contributed by atoms with E-state index in [1.807, 2.05) is 36.4 Å². The number of anilines is 1. The Labute approximate surface area is 223 Å². The first kappa shape index (κ1) is 24.9. The van der Waals surface area contributed by atoms with Crippen molar-refractivity contribution < 1.29 is 14.5 Å². The number of para-hydroxylation sites is 1. The summed E-state index contributed by atoms with van der Waals surface area (Å²) in [6.45, 7) is 2.08. The molecule has 1 saturated carbocycles. The van der Waals surface area contributed by atoms with Gasteiger partial charge in [-0.2, -0.15) is 0 Å². The fraction of sp³-hybridized carbons (Fsp3) is 0.296. The smallest absolute Gasteiger partial charge is 0.338 e. The Kier molecular flexibility index (Phi) is 7.15. The Bertz CT molecular complexity index is 1300. The highest BCUT2D eigenvalue weighted by molar-refractivity contribution is 8.00. The minimum atomic E-state index is -0.369. The van der Waals surface area contributed by atoms with Crippen LogP contribution in [0.2, 0.25) is 5.02 Å². The van der Waals surface area contributed by atoms with E-state index in [9.17, 15) is 14.9 Å². The number of nitro benzene ring substituents is 1. The Balaban J connectivity index is 1.54. The summed E-state index contributed by atoms with van der Waals surface area (Å²) in [5.74, 6) is -0.316. The van der Waals surface area contributed by atoms with Crippen molar-refractivity contribution in [2.45, 2.75) is 40.8 Å². The minimum Gasteiger partial charge on any atom is -0.462 e. The van der Waals surface area contributed by atoms with Gasteiger partial charge in [0.1, 0.15) is 0 Å². The second-order valence-corrected chi connectivity index (χ2v) is 11.2. The third-order valence-electron chi connectivity index (χ3n) is 6.89. The first-order valence-electron chi connectivity index (χ1n) is 11.7. The zero-order chi connectivity index (χ0) is 25.4. The molecule has 9 heteroatoms. The van der Waals surface area contributed by atoms with Crippen LogP contribution in [0.15, 0.2) is 71.6 Å². The quantitative estimate of drug-likeness (QED) is 0.150. The number of rotatable bonds is 6. The average Bonchev–Trinajstić information content (AvgIpc) is 3.20. The van der Waals surface area contributed by atoms with Crippen molar-refractivity contribution in [3.63, 3.8) is 0 Å². The number of carbonyl (C=O) groups excluding carboxylic acids is 1. The maximum atomic E-state index is 12.5. The van der Waals surface area contributed by atoms with E-state index < -0.39 is 0 Å². The maximum Gasteiger partial charge on any atom is 0.338 e. The molecule has 1 fully saturated rings. The number of hydrogen-bond donors (Lipinski definition) is 1. The van der Waals surface area contributed by atoms with Crippen LogP contribution in [0.1, 0.15) is 46.8 Å². The number of benzene rings is 3. The van der Waals surface area contributed by atoms with Crippen LogP contribution < -0.4 is 5.32 Å². The molecule has 6 nitrogen and oxygen atoms in total. The van der Waals surface area contributed by atoms with Gasteiger partial charge in [0, 0.05) is 27.9 Å². The van der Waals surface area contributed by atoms with Gasteiger partial charge in [0.2, 0.25) is 0 Å². The van der Waals surface area contributed by atoms with E-state index in [-0.39, 0.29) is 45.1 Å². The molecule has 0 aromatic heterocycles. The fourth-order valence-electron chi connectivity index (χ4n) is 5.33. The Hall–Kier alpha value is -2.74. The molecule has 0 unspecified atom stereocenters.